The fraction of sp³-hybridized carbons (Fsp3) is 0.221. The summed E-state index contributed by atoms with van der Waals surface area (Å²) in [4.78, 5) is 0. The lowest BCUT2D eigenvalue weighted by Gasteiger charge is -2.36. The van der Waals surface area contributed by atoms with E-state index in [1.807, 2.05) is 13.8 Å². The van der Waals surface area contributed by atoms with E-state index in [-0.39, 0.29) is 0 Å². The quantitative estimate of drug-likeness (QED) is 0.0790. The number of benzene rings is 8. The Morgan fingerprint density at radius 1 is 0.316 bits per heavy atom. The molecule has 18 heteroatoms. The third kappa shape index (κ3) is 11.9. The van der Waals surface area contributed by atoms with Crippen molar-refractivity contribution in [1.82, 2.24) is 0 Å². The Kier molecular flexibility index (Phi) is 22.2. The highest BCUT2D eigenvalue weighted by Gasteiger charge is 2.40. The Hall–Kier alpha value is -8.61. The molecule has 0 heterocycles. The van der Waals surface area contributed by atoms with Crippen molar-refractivity contribution in [3.63, 3.8) is 0 Å². The minimum absolute atomic E-state index is 0.368. The third-order valence-corrected chi connectivity index (χ3v) is 22.1. The standard InChI is InChI=1S/C77H76B18/c1-21-26-29-30-31-32-33-35-38-56-53(19)60-48(14)49(15)62(59(39-34-27-22-2)70(60)69-58(37-28-23-3)57(36-24-4)55(25-5)52(18)63(56)69)71-64-44(10)40(6)42(8)46(12)66(64)72(67-47(13)43(9)41(7)45(11)65(67)71)68-54(20)61-50(16)51(17)76(90(92(81)82)93(83)84)77(73(61)74(78)75(68)88-79)91(94(85)86)95(87)89-80/h1,3,5,88-89H,78-87H2,2,4,6-20H3. The number of terminal acetylenes is 3. The van der Waals surface area contributed by atoms with Gasteiger partial charge in [-0.3, -0.25) is 0 Å². The van der Waals surface area contributed by atoms with Crippen LogP contribution in [0.25, 0.3) is 76.1 Å². The van der Waals surface area contributed by atoms with Gasteiger partial charge in [-0.05, 0) is 321 Å². The first-order valence-electron chi connectivity index (χ1n) is 34.0. The minimum atomic E-state index is 0.368. The predicted octanol–water partition coefficient (Wildman–Crippen LogP) is 0.0746. The van der Waals surface area contributed by atoms with Crippen LogP contribution in [0, 0.1) is 236 Å². The summed E-state index contributed by atoms with van der Waals surface area (Å²) in [6, 6.07) is 0. The minimum Gasteiger partial charge on any atom is -0.115 e. The van der Waals surface area contributed by atoms with Gasteiger partial charge in [0, 0.05) is 71.0 Å². The zero-order chi connectivity index (χ0) is 70.3. The van der Waals surface area contributed by atoms with Crippen LogP contribution >= 0.6 is 0 Å². The molecule has 0 amide bonds. The summed E-state index contributed by atoms with van der Waals surface area (Å²) < 4.78 is 0. The molecule has 0 aliphatic rings. The van der Waals surface area contributed by atoms with Crippen molar-refractivity contribution in [2.75, 3.05) is 0 Å². The van der Waals surface area contributed by atoms with Gasteiger partial charge in [0.15, 0.2) is 0 Å². The topological polar surface area (TPSA) is 0 Å². The van der Waals surface area contributed by atoms with E-state index < -0.39 is 0 Å². The fourth-order valence-corrected chi connectivity index (χ4v) is 16.9. The zero-order valence-electron chi connectivity index (χ0n) is 62.1. The molecule has 0 fully saturated rings. The third-order valence-electron chi connectivity index (χ3n) is 22.1. The lowest BCUT2D eigenvalue weighted by molar-refractivity contribution is 1.24. The second-order valence-electron chi connectivity index (χ2n) is 27.6. The van der Waals surface area contributed by atoms with Crippen molar-refractivity contribution in [3.05, 3.63) is 111 Å². The van der Waals surface area contributed by atoms with Crippen LogP contribution < -0.4 is 21.9 Å². The van der Waals surface area contributed by atoms with Gasteiger partial charge in [0.25, 0.3) is 0 Å². The van der Waals surface area contributed by atoms with Gasteiger partial charge in [0.05, 0.1) is 93.7 Å². The van der Waals surface area contributed by atoms with E-state index in [0.29, 0.717) is 55.2 Å². The molecule has 0 unspecified atom stereocenters. The van der Waals surface area contributed by atoms with Gasteiger partial charge in [-0.25, -0.2) is 0 Å². The first-order valence-corrected chi connectivity index (χ1v) is 34.0. The SMILES string of the molecule is BBB(B)B(B(B)B)c1c(B(B(B)B)B(B)B)c(C)c(C)c2c(C)c(-c3c4c(C)c(C)c(C)c(C)c4c(-c4c(C)c(C)c5c(C)c(C#CC#CC#CC#CC#C)c6c(C)c(C#C)c(C#CC)c(C#CC#C)c6c5c4C#CC#CC)c4c(C)c(C)c(C)c(C)c34)c(BB)c(B)c12. The summed E-state index contributed by atoms with van der Waals surface area (Å²) in [6.45, 7) is 39.4. The van der Waals surface area contributed by atoms with Crippen molar-refractivity contribution in [1.29, 1.82) is 0 Å². The largest absolute Gasteiger partial charge is 0.139 e. The summed E-state index contributed by atoms with van der Waals surface area (Å²) in [5.41, 5.74) is 32.7. The zero-order valence-corrected chi connectivity index (χ0v) is 62.1. The Balaban J connectivity index is 1.82. The summed E-state index contributed by atoms with van der Waals surface area (Å²) in [6.07, 6.45) is 19.9. The molecular weight excluding hydrogens is 1120 g/mol. The van der Waals surface area contributed by atoms with E-state index in [2.05, 4.69) is 294 Å². The van der Waals surface area contributed by atoms with E-state index >= 15 is 0 Å². The molecule has 8 aromatic carbocycles. The Bertz CT molecular complexity index is 5380. The van der Waals surface area contributed by atoms with Gasteiger partial charge in [-0.2, -0.15) is 0 Å². The molecule has 8 rings (SSSR count). The van der Waals surface area contributed by atoms with Gasteiger partial charge in [0.2, 0.25) is 0 Å². The summed E-state index contributed by atoms with van der Waals surface area (Å²) in [5, 5.41) is 11.5. The van der Waals surface area contributed by atoms with E-state index in [0.717, 1.165) is 80.3 Å². The number of fused-ring (bicyclic) bond motifs is 6. The van der Waals surface area contributed by atoms with Crippen LogP contribution in [-0.4, -0.2) is 130 Å². The van der Waals surface area contributed by atoms with E-state index in [9.17, 15) is 0 Å². The molecule has 0 aromatic heterocycles. The molecule has 0 radical (unpaired) electrons. The van der Waals surface area contributed by atoms with E-state index in [1.165, 1.54) is 116 Å². The van der Waals surface area contributed by atoms with Crippen molar-refractivity contribution >= 4 is 206 Å². The molecule has 0 saturated carbocycles. The maximum absolute atomic E-state index is 6.59. The van der Waals surface area contributed by atoms with Gasteiger partial charge >= 0.3 is 0 Å². The lowest BCUT2D eigenvalue weighted by Crippen LogP contribution is -2.72. The fourth-order valence-electron chi connectivity index (χ4n) is 16.9. The van der Waals surface area contributed by atoms with Crippen LogP contribution in [0.4, 0.5) is 0 Å². The average Bonchev–Trinajstić information content (AvgIpc) is 0.689. The molecule has 0 atom stereocenters. The van der Waals surface area contributed by atoms with Gasteiger partial charge in [0.1, 0.15) is 15.0 Å². The van der Waals surface area contributed by atoms with Crippen LogP contribution in [0.5, 0.6) is 0 Å². The highest BCUT2D eigenvalue weighted by molar-refractivity contribution is 7.89. The molecule has 0 aliphatic carbocycles. The number of rotatable bonds is 10. The van der Waals surface area contributed by atoms with Crippen molar-refractivity contribution < 1.29 is 0 Å². The molecule has 0 saturated heterocycles. The molecule has 0 spiro atoms. The normalized spacial score (nSPS) is 10.1. The number of hydrogen-bond acceptors (Lipinski definition) is 0. The maximum atomic E-state index is 6.59. The van der Waals surface area contributed by atoms with Crippen LogP contribution in [-0.2, 0) is 0 Å². The van der Waals surface area contributed by atoms with Crippen LogP contribution in [0.3, 0.4) is 0 Å². The van der Waals surface area contributed by atoms with Crippen LogP contribution in [0.1, 0.15) is 125 Å². The molecule has 8 aromatic rings. The van der Waals surface area contributed by atoms with E-state index in [1.54, 1.807) is 10.9 Å². The monoisotopic (exact) mass is 1200 g/mol. The summed E-state index contributed by atoms with van der Waals surface area (Å²) in [7, 11) is 26.5. The summed E-state index contributed by atoms with van der Waals surface area (Å²) in [5.74, 6) is 57.8. The predicted molar refractivity (Wildman–Crippen MR) is 464 cm³/mol. The number of hydrogen-bond donors (Lipinski definition) is 0. The molecule has 0 nitrogen and oxygen atoms in total. The van der Waals surface area contributed by atoms with Crippen molar-refractivity contribution in [2.24, 2.45) is 0 Å². The first kappa shape index (κ1) is 72.2. The molecule has 0 aliphatic heterocycles. The molecule has 0 bridgehead atoms. The second kappa shape index (κ2) is 29.2. The highest BCUT2D eigenvalue weighted by atomic mass is 14.3. The van der Waals surface area contributed by atoms with Crippen molar-refractivity contribution in [3.8, 4) is 154 Å². The highest BCUT2D eigenvalue weighted by Crippen LogP contribution is 2.55. The molecular formula is C77H76B18. The Labute approximate surface area is 584 Å². The summed E-state index contributed by atoms with van der Waals surface area (Å²) >= 11 is 0. The van der Waals surface area contributed by atoms with E-state index in [4.69, 9.17) is 19.3 Å². The maximum Gasteiger partial charge on any atom is 0.139 e. The Morgan fingerprint density at radius 2 is 0.737 bits per heavy atom. The molecule has 0 N–H and O–H groups in total. The van der Waals surface area contributed by atoms with Crippen LogP contribution in [0.2, 0.25) is 0 Å². The lowest BCUT2D eigenvalue weighted by atomic mass is 8.67. The smallest absolute Gasteiger partial charge is 0.115 e. The molecule has 438 valence electrons. The molecule has 95 heavy (non-hydrogen) atoms. The van der Waals surface area contributed by atoms with Crippen molar-refractivity contribution in [2.45, 2.75) is 118 Å². The Morgan fingerprint density at radius 3 is 1.20 bits per heavy atom. The van der Waals surface area contributed by atoms with Crippen LogP contribution in [0.15, 0.2) is 0 Å². The average molecular weight is 1200 g/mol. The van der Waals surface area contributed by atoms with Gasteiger partial charge in [-0.15, -0.1) is 30.7 Å². The number of aryl methyl sites for hydroxylation is 9. The van der Waals surface area contributed by atoms with Gasteiger partial charge in [-0.1, -0.05) is 57.5 Å². The second-order valence-corrected chi connectivity index (χ2v) is 27.6. The van der Waals surface area contributed by atoms with Gasteiger partial charge < -0.3 is 0 Å². The first-order chi connectivity index (χ1) is 45.1.